The minimum atomic E-state index is -3.99. The zero-order valence-electron chi connectivity index (χ0n) is 13.7. The molecular weight excluding hydrogens is 376 g/mol. The average Bonchev–Trinajstić information content (AvgIpc) is 3.10. The molecule has 0 bridgehead atoms. The molecule has 27 heavy (non-hydrogen) atoms. The van der Waals surface area contributed by atoms with Crippen molar-refractivity contribution in [1.29, 1.82) is 0 Å². The molecule has 0 N–H and O–H groups in total. The Labute approximate surface area is 152 Å². The quantitative estimate of drug-likeness (QED) is 0.465. The van der Waals surface area contributed by atoms with Crippen molar-refractivity contribution in [3.8, 4) is 11.6 Å². The molecule has 4 rings (SSSR count). The van der Waals surface area contributed by atoms with Crippen LogP contribution in [0.5, 0.6) is 0 Å². The van der Waals surface area contributed by atoms with Gasteiger partial charge in [0, 0.05) is 31.5 Å². The number of aromatic nitrogens is 4. The SMILES string of the molecule is O=[N+]([O-])c1ccccc1S(=O)(=O)N1CC(c2nc(-c3ncccn3)no2)C1. The summed E-state index contributed by atoms with van der Waals surface area (Å²) in [6.45, 7) is 0.178. The van der Waals surface area contributed by atoms with Crippen LogP contribution >= 0.6 is 0 Å². The number of hydrogen-bond acceptors (Lipinski definition) is 9. The van der Waals surface area contributed by atoms with Gasteiger partial charge in [-0.2, -0.15) is 9.29 Å². The lowest BCUT2D eigenvalue weighted by molar-refractivity contribution is -0.387. The number of para-hydroxylation sites is 1. The van der Waals surface area contributed by atoms with Crippen LogP contribution in [0.25, 0.3) is 11.6 Å². The molecule has 3 heterocycles. The Hall–Kier alpha value is -3.25. The summed E-state index contributed by atoms with van der Waals surface area (Å²) in [5, 5.41) is 14.9. The van der Waals surface area contributed by atoms with Gasteiger partial charge in [0.15, 0.2) is 4.90 Å². The monoisotopic (exact) mass is 388 g/mol. The molecule has 0 radical (unpaired) electrons. The molecule has 11 nitrogen and oxygen atoms in total. The van der Waals surface area contributed by atoms with Gasteiger partial charge in [0.25, 0.3) is 5.69 Å². The number of hydrogen-bond donors (Lipinski definition) is 0. The van der Waals surface area contributed by atoms with E-state index in [0.717, 1.165) is 10.4 Å². The minimum absolute atomic E-state index is 0.0890. The maximum absolute atomic E-state index is 12.7. The third kappa shape index (κ3) is 3.04. The summed E-state index contributed by atoms with van der Waals surface area (Å²) in [5.74, 6) is 0.487. The predicted molar refractivity (Wildman–Crippen MR) is 89.9 cm³/mol. The van der Waals surface area contributed by atoms with Crippen LogP contribution in [0.1, 0.15) is 11.8 Å². The number of nitrogens with zero attached hydrogens (tertiary/aromatic N) is 6. The summed E-state index contributed by atoms with van der Waals surface area (Å²) in [7, 11) is -3.99. The lowest BCUT2D eigenvalue weighted by Crippen LogP contribution is -2.48. The Morgan fingerprint density at radius 1 is 1.11 bits per heavy atom. The maximum Gasteiger partial charge on any atom is 0.289 e. The highest BCUT2D eigenvalue weighted by Crippen LogP contribution is 2.34. The zero-order valence-corrected chi connectivity index (χ0v) is 14.5. The molecule has 1 saturated heterocycles. The van der Waals surface area contributed by atoms with E-state index in [1.165, 1.54) is 18.2 Å². The van der Waals surface area contributed by atoms with Gasteiger partial charge in [0.1, 0.15) is 0 Å². The van der Waals surface area contributed by atoms with Crippen molar-refractivity contribution in [2.24, 2.45) is 0 Å². The highest BCUT2D eigenvalue weighted by molar-refractivity contribution is 7.89. The van der Waals surface area contributed by atoms with Crippen LogP contribution in [0, 0.1) is 10.1 Å². The van der Waals surface area contributed by atoms with Crippen LogP contribution in [0.4, 0.5) is 5.69 Å². The first-order chi connectivity index (χ1) is 13.0. The molecule has 1 aliphatic heterocycles. The van der Waals surface area contributed by atoms with Gasteiger partial charge in [0.05, 0.1) is 10.8 Å². The summed E-state index contributed by atoms with van der Waals surface area (Å²) in [4.78, 5) is 22.3. The van der Waals surface area contributed by atoms with Crippen LogP contribution in [0.15, 0.2) is 52.1 Å². The zero-order chi connectivity index (χ0) is 19.0. The van der Waals surface area contributed by atoms with Crippen LogP contribution in [0.3, 0.4) is 0 Å². The topological polar surface area (TPSA) is 145 Å². The molecular formula is C15H12N6O5S. The third-order valence-electron chi connectivity index (χ3n) is 4.08. The highest BCUT2D eigenvalue weighted by Gasteiger charge is 2.42. The second kappa shape index (κ2) is 6.48. The predicted octanol–water partition coefficient (Wildman–Crippen LogP) is 1.22. The van der Waals surface area contributed by atoms with Crippen molar-refractivity contribution in [2.75, 3.05) is 13.1 Å². The second-order valence-corrected chi connectivity index (χ2v) is 7.68. The van der Waals surface area contributed by atoms with Gasteiger partial charge in [-0.1, -0.05) is 17.3 Å². The van der Waals surface area contributed by atoms with E-state index in [4.69, 9.17) is 4.52 Å². The van der Waals surface area contributed by atoms with E-state index in [2.05, 4.69) is 20.1 Å². The lowest BCUT2D eigenvalue weighted by atomic mass is 10.0. The first kappa shape index (κ1) is 17.2. The molecule has 1 aromatic carbocycles. The van der Waals surface area contributed by atoms with E-state index in [1.54, 1.807) is 18.5 Å². The molecule has 1 aliphatic rings. The summed E-state index contributed by atoms with van der Waals surface area (Å²) >= 11 is 0. The first-order valence-corrected chi connectivity index (χ1v) is 9.25. The standard InChI is InChI=1S/C15H12N6O5S/c22-21(23)11-4-1-2-5-12(11)27(24,25)20-8-10(9-20)15-18-14(19-26-15)13-16-6-3-7-17-13/h1-7,10H,8-9H2. The Morgan fingerprint density at radius 2 is 1.81 bits per heavy atom. The van der Waals surface area contributed by atoms with Crippen molar-refractivity contribution in [3.63, 3.8) is 0 Å². The van der Waals surface area contributed by atoms with E-state index >= 15 is 0 Å². The summed E-state index contributed by atoms with van der Waals surface area (Å²) in [5.41, 5.74) is -0.456. The second-order valence-electron chi connectivity index (χ2n) is 5.77. The molecule has 138 valence electrons. The molecule has 0 atom stereocenters. The fourth-order valence-corrected chi connectivity index (χ4v) is 4.35. The van der Waals surface area contributed by atoms with Crippen LogP contribution in [-0.4, -0.2) is 50.8 Å². The lowest BCUT2D eigenvalue weighted by Gasteiger charge is -2.35. The van der Waals surface area contributed by atoms with Crippen molar-refractivity contribution in [1.82, 2.24) is 24.4 Å². The molecule has 0 spiro atoms. The number of benzene rings is 1. The molecule has 3 aromatic rings. The van der Waals surface area contributed by atoms with Crippen LogP contribution in [0.2, 0.25) is 0 Å². The Morgan fingerprint density at radius 3 is 2.52 bits per heavy atom. The van der Waals surface area contributed by atoms with Crippen molar-refractivity contribution in [2.45, 2.75) is 10.8 Å². The Balaban J connectivity index is 1.51. The fraction of sp³-hybridized carbons (Fsp3) is 0.200. The molecule has 0 unspecified atom stereocenters. The van der Waals surface area contributed by atoms with Gasteiger partial charge in [-0.3, -0.25) is 10.1 Å². The first-order valence-electron chi connectivity index (χ1n) is 7.81. The normalized spacial score (nSPS) is 15.4. The van der Waals surface area contributed by atoms with Crippen LogP contribution in [-0.2, 0) is 10.0 Å². The van der Waals surface area contributed by atoms with Gasteiger partial charge < -0.3 is 4.52 Å². The Bertz CT molecular complexity index is 1090. The third-order valence-corrected chi connectivity index (χ3v) is 5.96. The van der Waals surface area contributed by atoms with Gasteiger partial charge in [-0.05, 0) is 12.1 Å². The van der Waals surface area contributed by atoms with Gasteiger partial charge in [-0.25, -0.2) is 18.4 Å². The molecule has 0 saturated carbocycles. The van der Waals surface area contributed by atoms with E-state index in [9.17, 15) is 18.5 Å². The van der Waals surface area contributed by atoms with Gasteiger partial charge in [0.2, 0.25) is 27.6 Å². The van der Waals surface area contributed by atoms with E-state index in [-0.39, 0.29) is 35.6 Å². The molecule has 1 fully saturated rings. The van der Waals surface area contributed by atoms with Crippen molar-refractivity contribution >= 4 is 15.7 Å². The molecule has 2 aromatic heterocycles. The van der Waals surface area contributed by atoms with E-state index < -0.39 is 20.6 Å². The average molecular weight is 388 g/mol. The highest BCUT2D eigenvalue weighted by atomic mass is 32.2. The molecule has 12 heteroatoms. The van der Waals surface area contributed by atoms with Crippen LogP contribution < -0.4 is 0 Å². The number of rotatable bonds is 5. The Kier molecular flexibility index (Phi) is 4.12. The minimum Gasteiger partial charge on any atom is -0.338 e. The number of nitro groups is 1. The van der Waals surface area contributed by atoms with E-state index in [0.29, 0.717) is 5.82 Å². The van der Waals surface area contributed by atoms with Crippen molar-refractivity contribution < 1.29 is 17.9 Å². The van der Waals surface area contributed by atoms with Gasteiger partial charge in [-0.15, -0.1) is 0 Å². The summed E-state index contributed by atoms with van der Waals surface area (Å²) in [6, 6.07) is 6.90. The summed E-state index contributed by atoms with van der Waals surface area (Å²) < 4.78 is 31.7. The molecule has 0 aliphatic carbocycles. The number of nitro benzene ring substituents is 1. The fourth-order valence-electron chi connectivity index (χ4n) is 2.66. The smallest absolute Gasteiger partial charge is 0.289 e. The van der Waals surface area contributed by atoms with Crippen molar-refractivity contribution in [3.05, 3.63) is 58.7 Å². The van der Waals surface area contributed by atoms with E-state index in [1.807, 2.05) is 0 Å². The number of sulfonamides is 1. The van der Waals surface area contributed by atoms with Gasteiger partial charge >= 0.3 is 0 Å². The summed E-state index contributed by atoms with van der Waals surface area (Å²) in [6.07, 6.45) is 3.09. The maximum atomic E-state index is 12.7. The largest absolute Gasteiger partial charge is 0.338 e. The molecule has 0 amide bonds.